The van der Waals surface area contributed by atoms with Gasteiger partial charge in [-0.1, -0.05) is 48.0 Å². The van der Waals surface area contributed by atoms with Crippen LogP contribution in [0.4, 0.5) is 0 Å². The van der Waals surface area contributed by atoms with Crippen LogP contribution in [-0.2, 0) is 9.53 Å². The highest BCUT2D eigenvalue weighted by Gasteiger charge is 2.59. The minimum Gasteiger partial charge on any atom is -0.482 e. The molecule has 0 bridgehead atoms. The molecule has 0 amide bonds. The summed E-state index contributed by atoms with van der Waals surface area (Å²) < 4.78 is 11.1. The Kier molecular flexibility index (Phi) is 6.11. The van der Waals surface area contributed by atoms with Gasteiger partial charge in [-0.15, -0.1) is 11.8 Å². The van der Waals surface area contributed by atoms with Gasteiger partial charge in [-0.3, -0.25) is 14.9 Å². The number of benzene rings is 3. The van der Waals surface area contributed by atoms with E-state index in [-0.39, 0.29) is 18.0 Å². The Balaban J connectivity index is 1.80. The lowest BCUT2D eigenvalue weighted by Crippen LogP contribution is -2.56. The van der Waals surface area contributed by atoms with Crippen LogP contribution in [0.2, 0.25) is 0 Å². The molecule has 3 aromatic carbocycles. The summed E-state index contributed by atoms with van der Waals surface area (Å²) in [6, 6.07) is 19.7. The molecule has 166 valence electrons. The van der Waals surface area contributed by atoms with E-state index in [0.717, 1.165) is 26.8 Å². The van der Waals surface area contributed by atoms with Gasteiger partial charge < -0.3 is 9.47 Å². The number of aryl methyl sites for hydroxylation is 1. The summed E-state index contributed by atoms with van der Waals surface area (Å²) in [5.74, 6) is 0.0677. The van der Waals surface area contributed by atoms with Gasteiger partial charge in [0.05, 0.1) is 13.0 Å². The molecule has 32 heavy (non-hydrogen) atoms. The minimum atomic E-state index is -1.54. The van der Waals surface area contributed by atoms with Gasteiger partial charge in [0.2, 0.25) is 0 Å². The maximum atomic E-state index is 12.5. The van der Waals surface area contributed by atoms with E-state index >= 15 is 0 Å². The lowest BCUT2D eigenvalue weighted by Gasteiger charge is -2.40. The lowest BCUT2D eigenvalue weighted by molar-refractivity contribution is -0.578. The Morgan fingerprint density at radius 3 is 2.62 bits per heavy atom. The standard InChI is InChI=1S/C25H25NO5S/c1-4-30-23(27)15-22-25(3,26(28)29)24(20-13-16(2)9-12-21(20)31-22)32-19-11-10-17-7-5-6-8-18(17)14-19/h5-14,22,24H,4,15H2,1-3H3/t22-,24-,25-/m1/s1. The van der Waals surface area contributed by atoms with Crippen LogP contribution in [-0.4, -0.2) is 29.1 Å². The fraction of sp³-hybridized carbons (Fsp3) is 0.320. The molecule has 0 saturated heterocycles. The normalized spacial score (nSPS) is 22.1. The number of nitrogens with zero attached hydrogens (tertiary/aromatic N) is 1. The summed E-state index contributed by atoms with van der Waals surface area (Å²) in [7, 11) is 0. The molecule has 0 unspecified atom stereocenters. The van der Waals surface area contributed by atoms with Crippen LogP contribution in [0.15, 0.2) is 65.6 Å². The minimum absolute atomic E-state index is 0.187. The van der Waals surface area contributed by atoms with Crippen LogP contribution in [0.25, 0.3) is 10.8 Å². The zero-order valence-electron chi connectivity index (χ0n) is 18.2. The summed E-state index contributed by atoms with van der Waals surface area (Å²) in [6.45, 7) is 5.45. The number of ether oxygens (including phenoxy) is 2. The highest BCUT2D eigenvalue weighted by molar-refractivity contribution is 7.99. The van der Waals surface area contributed by atoms with Crippen molar-refractivity contribution < 1.29 is 19.2 Å². The molecule has 6 nitrogen and oxygen atoms in total. The molecular weight excluding hydrogens is 426 g/mol. The second kappa shape index (κ2) is 8.82. The quantitative estimate of drug-likeness (QED) is 0.270. The van der Waals surface area contributed by atoms with Crippen molar-refractivity contribution in [2.24, 2.45) is 0 Å². The summed E-state index contributed by atoms with van der Waals surface area (Å²) in [6.07, 6.45) is -1.14. The van der Waals surface area contributed by atoms with E-state index in [9.17, 15) is 14.9 Å². The van der Waals surface area contributed by atoms with Crippen LogP contribution in [0.1, 0.15) is 36.6 Å². The second-order valence-electron chi connectivity index (χ2n) is 8.15. The van der Waals surface area contributed by atoms with Crippen molar-refractivity contribution in [1.82, 2.24) is 0 Å². The molecule has 0 saturated carbocycles. The fourth-order valence-electron chi connectivity index (χ4n) is 4.13. The van der Waals surface area contributed by atoms with Gasteiger partial charge in [-0.2, -0.15) is 0 Å². The molecule has 3 aromatic rings. The van der Waals surface area contributed by atoms with Crippen LogP contribution >= 0.6 is 11.8 Å². The van der Waals surface area contributed by atoms with Gasteiger partial charge in [-0.25, -0.2) is 0 Å². The van der Waals surface area contributed by atoms with Gasteiger partial charge in [0.15, 0.2) is 6.10 Å². The average molecular weight is 452 g/mol. The zero-order valence-corrected chi connectivity index (χ0v) is 19.1. The predicted molar refractivity (Wildman–Crippen MR) is 125 cm³/mol. The number of rotatable bonds is 6. The number of carbonyl (C=O) groups excluding carboxylic acids is 1. The van der Waals surface area contributed by atoms with Crippen LogP contribution < -0.4 is 4.74 Å². The van der Waals surface area contributed by atoms with E-state index < -0.39 is 22.9 Å². The van der Waals surface area contributed by atoms with E-state index in [1.54, 1.807) is 13.8 Å². The number of fused-ring (bicyclic) bond motifs is 2. The zero-order chi connectivity index (χ0) is 22.9. The smallest absolute Gasteiger partial charge is 0.309 e. The lowest BCUT2D eigenvalue weighted by atomic mass is 9.82. The van der Waals surface area contributed by atoms with E-state index in [1.807, 2.05) is 67.6 Å². The number of carbonyl (C=O) groups is 1. The molecule has 0 fully saturated rings. The first kappa shape index (κ1) is 22.1. The Hall–Kier alpha value is -3.06. The first-order chi connectivity index (χ1) is 15.3. The molecule has 0 N–H and O–H groups in total. The Labute approximate surface area is 191 Å². The molecule has 4 rings (SSSR count). The summed E-state index contributed by atoms with van der Waals surface area (Å²) >= 11 is 1.44. The van der Waals surface area contributed by atoms with Crippen molar-refractivity contribution in [1.29, 1.82) is 0 Å². The van der Waals surface area contributed by atoms with Crippen molar-refractivity contribution in [2.75, 3.05) is 6.61 Å². The van der Waals surface area contributed by atoms with Crippen LogP contribution in [0.3, 0.4) is 0 Å². The topological polar surface area (TPSA) is 78.7 Å². The fourth-order valence-corrected chi connectivity index (χ4v) is 5.53. The molecule has 3 atom stereocenters. The highest BCUT2D eigenvalue weighted by atomic mass is 32.2. The van der Waals surface area contributed by atoms with E-state index in [1.165, 1.54) is 11.8 Å². The van der Waals surface area contributed by atoms with Crippen molar-refractivity contribution in [3.63, 3.8) is 0 Å². The van der Waals surface area contributed by atoms with Crippen molar-refractivity contribution in [3.8, 4) is 5.75 Å². The molecular formula is C25H25NO5S. The maximum absolute atomic E-state index is 12.5. The van der Waals surface area contributed by atoms with E-state index in [4.69, 9.17) is 9.47 Å². The number of thioether (sulfide) groups is 1. The predicted octanol–water partition coefficient (Wildman–Crippen LogP) is 5.73. The van der Waals surface area contributed by atoms with Crippen molar-refractivity contribution in [3.05, 3.63) is 81.9 Å². The van der Waals surface area contributed by atoms with Crippen LogP contribution in [0, 0.1) is 17.0 Å². The molecule has 0 radical (unpaired) electrons. The first-order valence-corrected chi connectivity index (χ1v) is 11.4. The summed E-state index contributed by atoms with van der Waals surface area (Å²) in [5, 5.41) is 14.1. The highest BCUT2D eigenvalue weighted by Crippen LogP contribution is 2.53. The van der Waals surface area contributed by atoms with E-state index in [0.29, 0.717) is 5.75 Å². The third-order valence-corrected chi connectivity index (χ3v) is 7.42. The van der Waals surface area contributed by atoms with Gasteiger partial charge >= 0.3 is 5.97 Å². The molecule has 0 spiro atoms. The van der Waals surface area contributed by atoms with Crippen LogP contribution in [0.5, 0.6) is 5.75 Å². The number of hydrogen-bond donors (Lipinski definition) is 0. The SMILES string of the molecule is CCOC(=O)C[C@H]1Oc2ccc(C)cc2[C@@H](Sc2ccc3ccccc3c2)[C@]1(C)[N+](=O)[O-]. The van der Waals surface area contributed by atoms with Gasteiger partial charge in [0.25, 0.3) is 5.54 Å². The average Bonchev–Trinajstić information content (AvgIpc) is 2.77. The molecule has 0 aliphatic carbocycles. The molecule has 0 aromatic heterocycles. The summed E-state index contributed by atoms with van der Waals surface area (Å²) in [5.41, 5.74) is 0.220. The molecule has 1 aliphatic rings. The molecule has 7 heteroatoms. The second-order valence-corrected chi connectivity index (χ2v) is 9.33. The monoisotopic (exact) mass is 451 g/mol. The Morgan fingerprint density at radius 2 is 1.91 bits per heavy atom. The maximum Gasteiger partial charge on any atom is 0.309 e. The number of esters is 1. The molecule has 1 heterocycles. The third kappa shape index (κ3) is 4.05. The first-order valence-electron chi connectivity index (χ1n) is 10.6. The Morgan fingerprint density at radius 1 is 1.16 bits per heavy atom. The Bertz CT molecular complexity index is 1180. The van der Waals surface area contributed by atoms with Gasteiger partial charge in [0.1, 0.15) is 11.0 Å². The third-order valence-electron chi connectivity index (χ3n) is 5.93. The van der Waals surface area contributed by atoms with Crippen molar-refractivity contribution in [2.45, 2.75) is 49.0 Å². The largest absolute Gasteiger partial charge is 0.482 e. The summed E-state index contributed by atoms with van der Waals surface area (Å²) in [4.78, 5) is 25.4. The van der Waals surface area contributed by atoms with Gasteiger partial charge in [0, 0.05) is 22.3 Å². The number of nitro groups is 1. The van der Waals surface area contributed by atoms with E-state index in [2.05, 4.69) is 0 Å². The number of hydrogen-bond acceptors (Lipinski definition) is 6. The van der Waals surface area contributed by atoms with Crippen molar-refractivity contribution >= 4 is 28.5 Å². The molecule has 1 aliphatic heterocycles. The van der Waals surface area contributed by atoms with Gasteiger partial charge in [-0.05, 0) is 42.8 Å².